The Morgan fingerprint density at radius 2 is 1.77 bits per heavy atom. The number of hydrogen-bond acceptors (Lipinski definition) is 6. The molecule has 31 heavy (non-hydrogen) atoms. The predicted molar refractivity (Wildman–Crippen MR) is 110 cm³/mol. The Morgan fingerprint density at radius 3 is 2.35 bits per heavy atom. The van der Waals surface area contributed by atoms with Crippen molar-refractivity contribution in [2.45, 2.75) is 50.5 Å². The molecule has 0 saturated heterocycles. The van der Waals surface area contributed by atoms with Crippen LogP contribution in [0.2, 0.25) is 0 Å². The molecule has 170 valence electrons. The molecule has 0 spiro atoms. The highest BCUT2D eigenvalue weighted by molar-refractivity contribution is 7.86. The minimum atomic E-state index is -4.19. The monoisotopic (exact) mass is 456 g/mol. The highest BCUT2D eigenvalue weighted by Gasteiger charge is 2.25. The maximum Gasteiger partial charge on any atom is 0.306 e. The smallest absolute Gasteiger partial charge is 0.306 e. The first-order valence-corrected chi connectivity index (χ1v) is 11.3. The van der Waals surface area contributed by atoms with Gasteiger partial charge in [-0.25, -0.2) is 8.78 Å². The van der Waals surface area contributed by atoms with Gasteiger partial charge in [-0.1, -0.05) is 24.6 Å². The van der Waals surface area contributed by atoms with Crippen LogP contribution < -0.4 is 0 Å². The number of benzene rings is 2. The zero-order valence-corrected chi connectivity index (χ0v) is 18.4. The highest BCUT2D eigenvalue weighted by atomic mass is 32.2. The van der Waals surface area contributed by atoms with Crippen LogP contribution in [0, 0.1) is 18.6 Å². The molecular weight excluding hydrogens is 430 g/mol. The third-order valence-electron chi connectivity index (χ3n) is 4.81. The molecule has 0 fully saturated rings. The second-order valence-electron chi connectivity index (χ2n) is 7.09. The molecule has 2 atom stereocenters. The lowest BCUT2D eigenvalue weighted by Crippen LogP contribution is -2.16. The molecule has 0 aliphatic carbocycles. The molecule has 1 unspecified atom stereocenters. The Bertz CT molecular complexity index is 1010. The number of halogens is 2. The zero-order chi connectivity index (χ0) is 23.2. The van der Waals surface area contributed by atoms with E-state index in [9.17, 15) is 27.1 Å². The van der Waals surface area contributed by atoms with Crippen LogP contribution in [0.4, 0.5) is 8.78 Å². The standard InChI is InChI=1S/C22H26F2O6S/c1-4-15(12-21(26)29-5-2)16-10-18(22(24)19(23)11-16)20(25)13-30-31(27,28)17-8-6-14(3)7-9-17/h6-11,15,20,25H,4-5,12-13H2,1-3H3/t15?,20-/m1/s1. The highest BCUT2D eigenvalue weighted by Crippen LogP contribution is 2.30. The van der Waals surface area contributed by atoms with Crippen molar-refractivity contribution in [3.63, 3.8) is 0 Å². The molecule has 2 rings (SSSR count). The fourth-order valence-electron chi connectivity index (χ4n) is 3.05. The minimum Gasteiger partial charge on any atom is -0.466 e. The lowest BCUT2D eigenvalue weighted by Gasteiger charge is -2.19. The zero-order valence-electron chi connectivity index (χ0n) is 17.6. The van der Waals surface area contributed by atoms with Crippen molar-refractivity contribution >= 4 is 16.1 Å². The molecule has 0 aliphatic rings. The molecule has 0 saturated carbocycles. The van der Waals surface area contributed by atoms with E-state index in [1.54, 1.807) is 32.9 Å². The van der Waals surface area contributed by atoms with Gasteiger partial charge in [-0.3, -0.25) is 8.98 Å². The van der Waals surface area contributed by atoms with Gasteiger partial charge in [0.25, 0.3) is 10.1 Å². The molecule has 0 bridgehead atoms. The van der Waals surface area contributed by atoms with E-state index in [2.05, 4.69) is 0 Å². The summed E-state index contributed by atoms with van der Waals surface area (Å²) in [5.41, 5.74) is 0.697. The molecule has 2 aromatic carbocycles. The summed E-state index contributed by atoms with van der Waals surface area (Å²) in [5, 5.41) is 10.3. The molecular formula is C22H26F2O6S. The number of aliphatic hydroxyl groups excluding tert-OH is 1. The van der Waals surface area contributed by atoms with Crippen molar-refractivity contribution in [1.29, 1.82) is 0 Å². The maximum absolute atomic E-state index is 14.3. The van der Waals surface area contributed by atoms with Gasteiger partial charge in [0.2, 0.25) is 0 Å². The fourth-order valence-corrected chi connectivity index (χ4v) is 3.96. The molecule has 0 heterocycles. The van der Waals surface area contributed by atoms with E-state index in [-0.39, 0.29) is 17.9 Å². The Kier molecular flexibility index (Phi) is 8.67. The van der Waals surface area contributed by atoms with Crippen molar-refractivity contribution in [2.24, 2.45) is 0 Å². The van der Waals surface area contributed by atoms with Crippen molar-refractivity contribution in [3.05, 3.63) is 64.7 Å². The molecule has 0 aromatic heterocycles. The van der Waals surface area contributed by atoms with Crippen molar-refractivity contribution < 1.29 is 36.0 Å². The number of aliphatic hydroxyl groups is 1. The van der Waals surface area contributed by atoms with Gasteiger partial charge in [-0.05, 0) is 56.0 Å². The van der Waals surface area contributed by atoms with Crippen molar-refractivity contribution in [3.8, 4) is 0 Å². The van der Waals surface area contributed by atoms with Crippen molar-refractivity contribution in [1.82, 2.24) is 0 Å². The largest absolute Gasteiger partial charge is 0.466 e. The van der Waals surface area contributed by atoms with E-state index in [4.69, 9.17) is 8.92 Å². The van der Waals surface area contributed by atoms with Crippen LogP contribution in [-0.4, -0.2) is 32.7 Å². The Hall–Kier alpha value is -2.36. The molecule has 9 heteroatoms. The number of carbonyl (C=O) groups excluding carboxylic acids is 1. The second kappa shape index (κ2) is 10.8. The van der Waals surface area contributed by atoms with Crippen LogP contribution in [0.5, 0.6) is 0 Å². The van der Waals surface area contributed by atoms with E-state index < -0.39 is 51.9 Å². The first kappa shape index (κ1) is 24.9. The molecule has 0 radical (unpaired) electrons. The van der Waals surface area contributed by atoms with Gasteiger partial charge < -0.3 is 9.84 Å². The third kappa shape index (κ3) is 6.56. The van der Waals surface area contributed by atoms with E-state index in [1.165, 1.54) is 18.2 Å². The normalized spacial score (nSPS) is 13.6. The van der Waals surface area contributed by atoms with Gasteiger partial charge in [-0.2, -0.15) is 8.42 Å². The van der Waals surface area contributed by atoms with E-state index in [1.807, 2.05) is 0 Å². The molecule has 0 amide bonds. The van der Waals surface area contributed by atoms with Gasteiger partial charge in [0, 0.05) is 5.56 Å². The molecule has 0 aliphatic heterocycles. The van der Waals surface area contributed by atoms with E-state index in [0.29, 0.717) is 12.0 Å². The number of aryl methyl sites for hydroxylation is 1. The fraction of sp³-hybridized carbons (Fsp3) is 0.409. The number of carbonyl (C=O) groups is 1. The maximum atomic E-state index is 14.3. The van der Waals surface area contributed by atoms with Gasteiger partial charge in [0.1, 0.15) is 6.10 Å². The van der Waals surface area contributed by atoms with Crippen LogP contribution in [0.15, 0.2) is 41.3 Å². The van der Waals surface area contributed by atoms with E-state index >= 15 is 0 Å². The van der Waals surface area contributed by atoms with Gasteiger partial charge in [-0.15, -0.1) is 0 Å². The lowest BCUT2D eigenvalue weighted by molar-refractivity contribution is -0.143. The summed E-state index contributed by atoms with van der Waals surface area (Å²) in [6.45, 7) is 4.62. The van der Waals surface area contributed by atoms with Crippen LogP contribution >= 0.6 is 0 Å². The summed E-state index contributed by atoms with van der Waals surface area (Å²) in [4.78, 5) is 11.7. The SMILES string of the molecule is CCOC(=O)CC(CC)c1cc(F)c(F)c([C@H](O)COS(=O)(=O)c2ccc(C)cc2)c1. The average molecular weight is 457 g/mol. The van der Waals surface area contributed by atoms with Crippen LogP contribution in [0.25, 0.3) is 0 Å². The topological polar surface area (TPSA) is 89.9 Å². The quantitative estimate of drug-likeness (QED) is 0.427. The summed E-state index contributed by atoms with van der Waals surface area (Å²) in [5.74, 6) is -3.46. The third-order valence-corrected chi connectivity index (χ3v) is 6.11. The summed E-state index contributed by atoms with van der Waals surface area (Å²) in [7, 11) is -4.19. The molecule has 1 N–H and O–H groups in total. The van der Waals surface area contributed by atoms with Crippen molar-refractivity contribution in [2.75, 3.05) is 13.2 Å². The molecule has 2 aromatic rings. The first-order chi connectivity index (χ1) is 14.6. The average Bonchev–Trinajstić information content (AvgIpc) is 2.72. The summed E-state index contributed by atoms with van der Waals surface area (Å²) >= 11 is 0. The number of ether oxygens (including phenoxy) is 1. The van der Waals surface area contributed by atoms with Crippen LogP contribution in [0.1, 0.15) is 55.4 Å². The second-order valence-corrected chi connectivity index (χ2v) is 8.70. The summed E-state index contributed by atoms with van der Waals surface area (Å²) in [6.07, 6.45) is -1.34. The number of esters is 1. The Labute approximate surface area is 180 Å². The lowest BCUT2D eigenvalue weighted by atomic mass is 9.91. The summed E-state index contributed by atoms with van der Waals surface area (Å²) in [6, 6.07) is 8.04. The minimum absolute atomic E-state index is 0.0384. The molecule has 6 nitrogen and oxygen atoms in total. The number of hydrogen-bond donors (Lipinski definition) is 1. The van der Waals surface area contributed by atoms with Gasteiger partial charge in [0.05, 0.1) is 24.5 Å². The predicted octanol–water partition coefficient (Wildman–Crippen LogP) is 4.16. The van der Waals surface area contributed by atoms with E-state index in [0.717, 1.165) is 11.6 Å². The van der Waals surface area contributed by atoms with Crippen LogP contribution in [-0.2, 0) is 23.8 Å². The Morgan fingerprint density at radius 1 is 1.13 bits per heavy atom. The number of rotatable bonds is 10. The summed E-state index contributed by atoms with van der Waals surface area (Å²) < 4.78 is 62.9. The Balaban J connectivity index is 2.22. The van der Waals surface area contributed by atoms with Gasteiger partial charge in [0.15, 0.2) is 11.6 Å². The van der Waals surface area contributed by atoms with Crippen LogP contribution in [0.3, 0.4) is 0 Å². The first-order valence-electron chi connectivity index (χ1n) is 9.87. The van der Waals surface area contributed by atoms with Gasteiger partial charge >= 0.3 is 5.97 Å².